The van der Waals surface area contributed by atoms with Crippen molar-refractivity contribution in [1.82, 2.24) is 0 Å². The number of carbonyl (C=O) groups excluding carboxylic acids is 1. The Morgan fingerprint density at radius 3 is 2.50 bits per heavy atom. The van der Waals surface area contributed by atoms with Crippen molar-refractivity contribution in [2.24, 2.45) is 0 Å². The molecule has 0 aliphatic heterocycles. The molecule has 0 aromatic heterocycles. The fraction of sp³-hybridized carbons (Fsp3) is 0.364. The Hall–Kier alpha value is -1.90. The van der Waals surface area contributed by atoms with Gasteiger partial charge >= 0.3 is 6.18 Å². The lowest BCUT2D eigenvalue weighted by molar-refractivity contribution is -0.174. The van der Waals surface area contributed by atoms with Gasteiger partial charge in [0.25, 0.3) is 0 Å². The van der Waals surface area contributed by atoms with Gasteiger partial charge in [-0.25, -0.2) is 8.78 Å². The van der Waals surface area contributed by atoms with Crippen molar-refractivity contribution in [3.63, 3.8) is 0 Å². The fourth-order valence-corrected chi connectivity index (χ4v) is 1.23. The van der Waals surface area contributed by atoms with Crippen LogP contribution in [0.25, 0.3) is 0 Å². The zero-order valence-corrected chi connectivity index (χ0v) is 10.1. The van der Waals surface area contributed by atoms with E-state index >= 15 is 0 Å². The molecule has 1 amide bonds. The van der Waals surface area contributed by atoms with Gasteiger partial charge in [-0.1, -0.05) is 0 Å². The maximum Gasteiger partial charge on any atom is 0.411 e. The molecule has 0 bridgehead atoms. The number of alkyl halides is 3. The molecule has 9 heteroatoms. The number of carbonyl (C=O) groups is 1. The van der Waals surface area contributed by atoms with E-state index in [9.17, 15) is 26.7 Å². The highest BCUT2D eigenvalue weighted by Crippen LogP contribution is 2.21. The van der Waals surface area contributed by atoms with Crippen molar-refractivity contribution in [2.45, 2.75) is 12.6 Å². The SMILES string of the molecule is Nc1cc(NC(=O)CCOCC(F)(F)F)c(F)cc1F. The average Bonchev–Trinajstić information content (AvgIpc) is 2.30. The van der Waals surface area contributed by atoms with E-state index in [1.54, 1.807) is 0 Å². The molecule has 0 heterocycles. The molecule has 0 radical (unpaired) electrons. The van der Waals surface area contributed by atoms with Crippen molar-refractivity contribution in [3.8, 4) is 0 Å². The van der Waals surface area contributed by atoms with E-state index in [2.05, 4.69) is 10.1 Å². The van der Waals surface area contributed by atoms with Gasteiger partial charge in [0.15, 0.2) is 0 Å². The van der Waals surface area contributed by atoms with Gasteiger partial charge in [0.2, 0.25) is 5.91 Å². The molecule has 0 fully saturated rings. The minimum Gasteiger partial charge on any atom is -0.396 e. The van der Waals surface area contributed by atoms with Gasteiger partial charge in [-0.2, -0.15) is 13.2 Å². The molecule has 0 aliphatic carbocycles. The minimum absolute atomic E-state index is 0.357. The summed E-state index contributed by atoms with van der Waals surface area (Å²) in [5, 5.41) is 2.05. The van der Waals surface area contributed by atoms with Gasteiger partial charge in [0.1, 0.15) is 18.2 Å². The van der Waals surface area contributed by atoms with Gasteiger partial charge in [0, 0.05) is 6.07 Å². The molecular formula is C11H11F5N2O2. The van der Waals surface area contributed by atoms with Crippen LogP contribution in [0.15, 0.2) is 12.1 Å². The summed E-state index contributed by atoms with van der Waals surface area (Å²) >= 11 is 0. The molecule has 0 atom stereocenters. The maximum atomic E-state index is 13.2. The van der Waals surface area contributed by atoms with Crippen LogP contribution in [0.4, 0.5) is 33.3 Å². The normalized spacial score (nSPS) is 11.4. The Balaban J connectivity index is 2.45. The number of nitrogens with two attached hydrogens (primary N) is 1. The maximum absolute atomic E-state index is 13.2. The second kappa shape index (κ2) is 6.51. The Kier molecular flexibility index (Phi) is 5.26. The second-order valence-electron chi connectivity index (χ2n) is 3.82. The molecule has 0 unspecified atom stereocenters. The van der Waals surface area contributed by atoms with Crippen LogP contribution in [0.2, 0.25) is 0 Å². The van der Waals surface area contributed by atoms with Crippen LogP contribution in [0.1, 0.15) is 6.42 Å². The largest absolute Gasteiger partial charge is 0.411 e. The molecule has 4 nitrogen and oxygen atoms in total. The van der Waals surface area contributed by atoms with Crippen LogP contribution < -0.4 is 11.1 Å². The van der Waals surface area contributed by atoms with Crippen LogP contribution in [-0.2, 0) is 9.53 Å². The van der Waals surface area contributed by atoms with Crippen LogP contribution in [-0.4, -0.2) is 25.3 Å². The first kappa shape index (κ1) is 16.2. The number of amides is 1. The van der Waals surface area contributed by atoms with Crippen LogP contribution >= 0.6 is 0 Å². The smallest absolute Gasteiger partial charge is 0.396 e. The van der Waals surface area contributed by atoms with E-state index in [4.69, 9.17) is 5.73 Å². The number of halogens is 5. The molecule has 3 N–H and O–H groups in total. The number of nitrogens with one attached hydrogen (secondary N) is 1. The van der Waals surface area contributed by atoms with E-state index in [-0.39, 0.29) is 11.4 Å². The van der Waals surface area contributed by atoms with Crippen LogP contribution in [0.3, 0.4) is 0 Å². The van der Waals surface area contributed by atoms with Crippen molar-refractivity contribution in [2.75, 3.05) is 24.3 Å². The predicted molar refractivity (Wildman–Crippen MR) is 60.9 cm³/mol. The molecule has 112 valence electrons. The highest BCUT2D eigenvalue weighted by atomic mass is 19.4. The average molecular weight is 298 g/mol. The summed E-state index contributed by atoms with van der Waals surface area (Å²) in [6.07, 6.45) is -4.89. The molecule has 0 saturated heterocycles. The topological polar surface area (TPSA) is 64.3 Å². The summed E-state index contributed by atoms with van der Waals surface area (Å²) in [7, 11) is 0. The Morgan fingerprint density at radius 1 is 1.25 bits per heavy atom. The molecule has 1 aromatic carbocycles. The van der Waals surface area contributed by atoms with Gasteiger partial charge in [-0.3, -0.25) is 4.79 Å². The van der Waals surface area contributed by atoms with Gasteiger partial charge in [-0.15, -0.1) is 0 Å². The van der Waals surface area contributed by atoms with Gasteiger partial charge < -0.3 is 15.8 Å². The monoisotopic (exact) mass is 298 g/mol. The van der Waals surface area contributed by atoms with E-state index in [0.717, 1.165) is 6.07 Å². The zero-order valence-electron chi connectivity index (χ0n) is 10.1. The Morgan fingerprint density at radius 2 is 1.90 bits per heavy atom. The molecule has 1 aromatic rings. The van der Waals surface area contributed by atoms with Crippen molar-refractivity contribution >= 4 is 17.3 Å². The first-order chi connectivity index (χ1) is 9.19. The highest BCUT2D eigenvalue weighted by Gasteiger charge is 2.27. The summed E-state index contributed by atoms with van der Waals surface area (Å²) in [6.45, 7) is -1.96. The summed E-state index contributed by atoms with van der Waals surface area (Å²) in [5.74, 6) is -2.80. The summed E-state index contributed by atoms with van der Waals surface area (Å²) in [6, 6.07) is 1.37. The minimum atomic E-state index is -4.48. The first-order valence-electron chi connectivity index (χ1n) is 5.38. The van der Waals surface area contributed by atoms with Crippen molar-refractivity contribution in [1.29, 1.82) is 0 Å². The third-order valence-electron chi connectivity index (χ3n) is 2.10. The number of hydrogen-bond donors (Lipinski definition) is 2. The van der Waals surface area contributed by atoms with Gasteiger partial charge in [0.05, 0.1) is 24.4 Å². The Labute approximate surface area is 110 Å². The molecule has 20 heavy (non-hydrogen) atoms. The third kappa shape index (κ3) is 5.39. The highest BCUT2D eigenvalue weighted by molar-refractivity contribution is 5.91. The first-order valence-corrected chi connectivity index (χ1v) is 5.38. The standard InChI is InChI=1S/C11H11F5N2O2/c12-6-3-7(13)9(4-8(6)17)18-10(19)1-2-20-5-11(14,15)16/h3-4H,1-2,5,17H2,(H,18,19). The molecular weight excluding hydrogens is 287 g/mol. The van der Waals surface area contributed by atoms with E-state index < -0.39 is 43.4 Å². The van der Waals surface area contributed by atoms with E-state index in [0.29, 0.717) is 6.07 Å². The lowest BCUT2D eigenvalue weighted by Gasteiger charge is -2.09. The number of hydrogen-bond acceptors (Lipinski definition) is 3. The third-order valence-corrected chi connectivity index (χ3v) is 2.10. The Bertz CT molecular complexity index is 490. The number of benzene rings is 1. The fourth-order valence-electron chi connectivity index (χ4n) is 1.23. The van der Waals surface area contributed by atoms with Crippen molar-refractivity contribution < 1.29 is 31.5 Å². The number of nitrogen functional groups attached to an aromatic ring is 1. The molecule has 1 rings (SSSR count). The quantitative estimate of drug-likeness (QED) is 0.498. The summed E-state index contributed by atoms with van der Waals surface area (Å²) in [4.78, 5) is 11.3. The predicted octanol–water partition coefficient (Wildman–Crippen LogP) is 2.45. The number of ether oxygens (including phenoxy) is 1. The van der Waals surface area contributed by atoms with Crippen LogP contribution in [0, 0.1) is 11.6 Å². The molecule has 0 saturated carbocycles. The van der Waals surface area contributed by atoms with Crippen molar-refractivity contribution in [3.05, 3.63) is 23.8 Å². The lowest BCUT2D eigenvalue weighted by atomic mass is 10.2. The zero-order chi connectivity index (χ0) is 15.3. The number of anilines is 2. The molecule has 0 spiro atoms. The lowest BCUT2D eigenvalue weighted by Crippen LogP contribution is -2.20. The van der Waals surface area contributed by atoms with Gasteiger partial charge in [-0.05, 0) is 6.07 Å². The molecule has 0 aliphatic rings. The summed E-state index contributed by atoms with van der Waals surface area (Å²) in [5.41, 5.74) is 4.47. The number of rotatable bonds is 5. The van der Waals surface area contributed by atoms with Crippen LogP contribution in [0.5, 0.6) is 0 Å². The summed E-state index contributed by atoms with van der Waals surface area (Å²) < 4.78 is 65.5. The van der Waals surface area contributed by atoms with E-state index in [1.165, 1.54) is 0 Å². The van der Waals surface area contributed by atoms with E-state index in [1.807, 2.05) is 0 Å². The second-order valence-corrected chi connectivity index (χ2v) is 3.82.